The van der Waals surface area contributed by atoms with Gasteiger partial charge in [0.2, 0.25) is 0 Å². The molecule has 0 heterocycles. The summed E-state index contributed by atoms with van der Waals surface area (Å²) in [5.74, 6) is -0.665. The molecule has 0 bridgehead atoms. The number of esters is 1. The normalized spacial score (nSPS) is 11.7. The Labute approximate surface area is 203 Å². The molecule has 0 saturated carbocycles. The Kier molecular flexibility index (Phi) is 7.74. The van der Waals surface area contributed by atoms with Gasteiger partial charge in [-0.3, -0.25) is 0 Å². The highest BCUT2D eigenvalue weighted by atomic mass is 16.6. The highest BCUT2D eigenvalue weighted by molar-refractivity contribution is 5.88. The van der Waals surface area contributed by atoms with Crippen molar-refractivity contribution in [2.75, 3.05) is 0 Å². The van der Waals surface area contributed by atoms with Gasteiger partial charge in [0.25, 0.3) is 0 Å². The van der Waals surface area contributed by atoms with Crippen LogP contribution in [0.5, 0.6) is 17.2 Å². The van der Waals surface area contributed by atoms with Gasteiger partial charge in [0.05, 0.1) is 17.2 Å². The van der Waals surface area contributed by atoms with E-state index in [9.17, 15) is 14.7 Å². The van der Waals surface area contributed by atoms with Gasteiger partial charge in [0, 0.05) is 6.07 Å². The molecule has 0 aliphatic heterocycles. The summed E-state index contributed by atoms with van der Waals surface area (Å²) in [6, 6.07) is 18.9. The molecule has 8 nitrogen and oxygen atoms in total. The molecule has 3 N–H and O–H groups in total. The van der Waals surface area contributed by atoms with Crippen LogP contribution < -0.4 is 15.2 Å². The molecule has 0 aromatic heterocycles. The molecular formula is C27H26N2O6. The Bertz CT molecular complexity index is 1260. The SMILES string of the molecule is CC(C)(C)OC(=O)C(N)c1cccc(COc2cc(Oc3ccc(C#N)cc3)cc(C(=O)O)c2)c1. The standard InChI is InChI=1S/C27H26N2O6/c1-27(2,3)35-26(32)24(29)19-6-4-5-18(11-19)16-33-22-12-20(25(30)31)13-23(14-22)34-21-9-7-17(15-28)8-10-21/h4-14,24H,16,29H2,1-3H3,(H,30,31). The number of nitriles is 1. The lowest BCUT2D eigenvalue weighted by atomic mass is 10.0. The summed E-state index contributed by atoms with van der Waals surface area (Å²) in [5, 5.41) is 18.4. The van der Waals surface area contributed by atoms with Crippen LogP contribution in [0.4, 0.5) is 0 Å². The Hall–Kier alpha value is -4.35. The van der Waals surface area contributed by atoms with Crippen molar-refractivity contribution in [1.82, 2.24) is 0 Å². The van der Waals surface area contributed by atoms with E-state index < -0.39 is 23.6 Å². The van der Waals surface area contributed by atoms with E-state index in [2.05, 4.69) is 0 Å². The Morgan fingerprint density at radius 2 is 1.69 bits per heavy atom. The van der Waals surface area contributed by atoms with Gasteiger partial charge in [-0.25, -0.2) is 9.59 Å². The van der Waals surface area contributed by atoms with Gasteiger partial charge in [0.1, 0.15) is 35.5 Å². The van der Waals surface area contributed by atoms with Crippen molar-refractivity contribution >= 4 is 11.9 Å². The maximum Gasteiger partial charge on any atom is 0.335 e. The molecule has 3 aromatic carbocycles. The van der Waals surface area contributed by atoms with E-state index in [0.29, 0.717) is 16.9 Å². The third-order valence-corrected chi connectivity index (χ3v) is 4.72. The Balaban J connectivity index is 1.75. The number of carbonyl (C=O) groups is 2. The van der Waals surface area contributed by atoms with Crippen molar-refractivity contribution in [3.8, 4) is 23.3 Å². The van der Waals surface area contributed by atoms with E-state index in [1.54, 1.807) is 75.4 Å². The number of aromatic carboxylic acids is 1. The number of hydrogen-bond acceptors (Lipinski definition) is 7. The fourth-order valence-corrected chi connectivity index (χ4v) is 3.12. The molecule has 8 heteroatoms. The molecule has 3 aromatic rings. The van der Waals surface area contributed by atoms with E-state index in [1.807, 2.05) is 6.07 Å². The van der Waals surface area contributed by atoms with Crippen LogP contribution in [0.3, 0.4) is 0 Å². The molecule has 0 aliphatic rings. The highest BCUT2D eigenvalue weighted by Gasteiger charge is 2.23. The van der Waals surface area contributed by atoms with Gasteiger partial charge in [0.15, 0.2) is 0 Å². The summed E-state index contributed by atoms with van der Waals surface area (Å²) < 4.78 is 16.9. The van der Waals surface area contributed by atoms with Crippen LogP contribution in [0.15, 0.2) is 66.7 Å². The summed E-state index contributed by atoms with van der Waals surface area (Å²) in [6.45, 7) is 5.42. The lowest BCUT2D eigenvalue weighted by molar-refractivity contribution is -0.156. The number of hydrogen-bond donors (Lipinski definition) is 2. The lowest BCUT2D eigenvalue weighted by Gasteiger charge is -2.22. The molecule has 0 fully saturated rings. The first-order valence-corrected chi connectivity index (χ1v) is 10.8. The van der Waals surface area contributed by atoms with Crippen molar-refractivity contribution in [2.24, 2.45) is 5.73 Å². The third kappa shape index (κ3) is 7.32. The molecule has 0 saturated heterocycles. The predicted octanol–water partition coefficient (Wildman–Crippen LogP) is 4.97. The number of benzene rings is 3. The fraction of sp³-hybridized carbons (Fsp3) is 0.222. The lowest BCUT2D eigenvalue weighted by Crippen LogP contribution is -2.31. The zero-order valence-electron chi connectivity index (χ0n) is 19.6. The summed E-state index contributed by atoms with van der Waals surface area (Å²) in [5.41, 5.74) is 7.20. The van der Waals surface area contributed by atoms with E-state index >= 15 is 0 Å². The van der Waals surface area contributed by atoms with Gasteiger partial charge >= 0.3 is 11.9 Å². The van der Waals surface area contributed by atoms with Gasteiger partial charge in [-0.15, -0.1) is 0 Å². The maximum atomic E-state index is 12.3. The van der Waals surface area contributed by atoms with E-state index in [-0.39, 0.29) is 23.7 Å². The second kappa shape index (κ2) is 10.7. The minimum Gasteiger partial charge on any atom is -0.489 e. The van der Waals surface area contributed by atoms with Crippen LogP contribution in [-0.2, 0) is 16.1 Å². The molecule has 3 rings (SSSR count). The summed E-state index contributed by atoms with van der Waals surface area (Å²) in [4.78, 5) is 23.9. The molecule has 0 radical (unpaired) electrons. The molecule has 1 atom stereocenters. The summed E-state index contributed by atoms with van der Waals surface area (Å²) in [7, 11) is 0. The van der Waals surface area contributed by atoms with Crippen LogP contribution in [0.2, 0.25) is 0 Å². The minimum absolute atomic E-state index is 0.00755. The van der Waals surface area contributed by atoms with Gasteiger partial charge in [-0.05, 0) is 68.3 Å². The van der Waals surface area contributed by atoms with Crippen molar-refractivity contribution < 1.29 is 28.9 Å². The topological polar surface area (TPSA) is 132 Å². The van der Waals surface area contributed by atoms with Crippen molar-refractivity contribution in [2.45, 2.75) is 39.0 Å². The maximum absolute atomic E-state index is 12.3. The van der Waals surface area contributed by atoms with E-state index in [4.69, 9.17) is 25.2 Å². The first-order valence-electron chi connectivity index (χ1n) is 10.8. The second-order valence-electron chi connectivity index (χ2n) is 8.78. The van der Waals surface area contributed by atoms with Gasteiger partial charge in [-0.1, -0.05) is 24.3 Å². The number of carboxylic acid groups (broad SMARTS) is 1. The summed E-state index contributed by atoms with van der Waals surface area (Å²) >= 11 is 0. The molecule has 1 unspecified atom stereocenters. The van der Waals surface area contributed by atoms with Crippen molar-refractivity contribution in [1.29, 1.82) is 5.26 Å². The van der Waals surface area contributed by atoms with E-state index in [1.165, 1.54) is 12.1 Å². The average molecular weight is 475 g/mol. The van der Waals surface area contributed by atoms with Gasteiger partial charge in [-0.2, -0.15) is 5.26 Å². The molecular weight excluding hydrogens is 448 g/mol. The molecule has 0 aliphatic carbocycles. The van der Waals surface area contributed by atoms with Crippen LogP contribution in [0.1, 0.15) is 53.9 Å². The first-order chi connectivity index (χ1) is 16.5. The zero-order chi connectivity index (χ0) is 25.6. The van der Waals surface area contributed by atoms with Crippen molar-refractivity contribution in [3.05, 3.63) is 89.0 Å². The number of ether oxygens (including phenoxy) is 3. The first kappa shape index (κ1) is 25.3. The largest absolute Gasteiger partial charge is 0.489 e. The van der Waals surface area contributed by atoms with Crippen LogP contribution in [0, 0.1) is 11.3 Å². The minimum atomic E-state index is -1.13. The number of nitrogens with two attached hydrogens (primary N) is 1. The predicted molar refractivity (Wildman–Crippen MR) is 128 cm³/mol. The number of nitrogens with zero attached hydrogens (tertiary/aromatic N) is 1. The molecule has 0 amide bonds. The van der Waals surface area contributed by atoms with Crippen LogP contribution in [0.25, 0.3) is 0 Å². The molecule has 35 heavy (non-hydrogen) atoms. The van der Waals surface area contributed by atoms with Crippen LogP contribution in [-0.4, -0.2) is 22.6 Å². The highest BCUT2D eigenvalue weighted by Crippen LogP contribution is 2.28. The quantitative estimate of drug-likeness (QED) is 0.437. The smallest absolute Gasteiger partial charge is 0.335 e. The molecule has 0 spiro atoms. The second-order valence-corrected chi connectivity index (χ2v) is 8.78. The number of carboxylic acids is 1. The number of rotatable bonds is 8. The zero-order valence-corrected chi connectivity index (χ0v) is 19.6. The molecule has 180 valence electrons. The number of carbonyl (C=O) groups excluding carboxylic acids is 1. The Morgan fingerprint density at radius 1 is 1.00 bits per heavy atom. The fourth-order valence-electron chi connectivity index (χ4n) is 3.12. The Morgan fingerprint density at radius 3 is 2.31 bits per heavy atom. The summed E-state index contributed by atoms with van der Waals surface area (Å²) in [6.07, 6.45) is 0. The monoisotopic (exact) mass is 474 g/mol. The van der Waals surface area contributed by atoms with Gasteiger partial charge < -0.3 is 25.1 Å². The average Bonchev–Trinajstić information content (AvgIpc) is 2.81. The van der Waals surface area contributed by atoms with E-state index in [0.717, 1.165) is 5.56 Å². The van der Waals surface area contributed by atoms with Crippen LogP contribution >= 0.6 is 0 Å². The van der Waals surface area contributed by atoms with Crippen molar-refractivity contribution in [3.63, 3.8) is 0 Å². The third-order valence-electron chi connectivity index (χ3n) is 4.72.